The molecular weight excluding hydrogens is 244 g/mol. The SMILES string of the molecule is Cc1csc(NC(=O)c2ccc(Cl)cc2)n1. The van der Waals surface area contributed by atoms with E-state index in [1.165, 1.54) is 11.3 Å². The van der Waals surface area contributed by atoms with Gasteiger partial charge in [-0.05, 0) is 31.2 Å². The molecular formula is C11H9ClN2OS. The first kappa shape index (κ1) is 11.1. The number of thiazole rings is 1. The number of rotatable bonds is 2. The fourth-order valence-corrected chi connectivity index (χ4v) is 1.99. The minimum Gasteiger partial charge on any atom is -0.298 e. The second kappa shape index (κ2) is 4.63. The molecule has 0 saturated heterocycles. The Balaban J connectivity index is 2.11. The topological polar surface area (TPSA) is 42.0 Å². The fraction of sp³-hybridized carbons (Fsp3) is 0.0909. The van der Waals surface area contributed by atoms with Crippen LogP contribution in [0.2, 0.25) is 5.02 Å². The third-order valence-corrected chi connectivity index (χ3v) is 3.07. The van der Waals surface area contributed by atoms with Crippen LogP contribution >= 0.6 is 22.9 Å². The van der Waals surface area contributed by atoms with Gasteiger partial charge in [-0.15, -0.1) is 11.3 Å². The highest BCUT2D eigenvalue weighted by molar-refractivity contribution is 7.13. The number of amides is 1. The second-order valence-electron chi connectivity index (χ2n) is 3.26. The van der Waals surface area contributed by atoms with Gasteiger partial charge in [0.25, 0.3) is 5.91 Å². The van der Waals surface area contributed by atoms with E-state index in [2.05, 4.69) is 10.3 Å². The molecule has 16 heavy (non-hydrogen) atoms. The molecule has 0 saturated carbocycles. The zero-order valence-electron chi connectivity index (χ0n) is 8.53. The van der Waals surface area contributed by atoms with Crippen LogP contribution in [0.1, 0.15) is 16.1 Å². The summed E-state index contributed by atoms with van der Waals surface area (Å²) in [7, 11) is 0. The number of aryl methyl sites for hydroxylation is 1. The molecule has 1 heterocycles. The first-order valence-corrected chi connectivity index (χ1v) is 5.90. The van der Waals surface area contributed by atoms with Gasteiger partial charge in [-0.25, -0.2) is 4.98 Å². The van der Waals surface area contributed by atoms with Crippen molar-refractivity contribution in [3.05, 3.63) is 45.9 Å². The molecule has 1 amide bonds. The predicted molar refractivity (Wildman–Crippen MR) is 66.3 cm³/mol. The first-order chi connectivity index (χ1) is 7.65. The van der Waals surface area contributed by atoms with Crippen molar-refractivity contribution >= 4 is 34.0 Å². The van der Waals surface area contributed by atoms with E-state index in [-0.39, 0.29) is 5.91 Å². The number of halogens is 1. The lowest BCUT2D eigenvalue weighted by atomic mass is 10.2. The molecule has 0 fully saturated rings. The molecule has 1 aromatic heterocycles. The van der Waals surface area contributed by atoms with Gasteiger partial charge in [0.15, 0.2) is 5.13 Å². The summed E-state index contributed by atoms with van der Waals surface area (Å²) in [5, 5.41) is 5.83. The van der Waals surface area contributed by atoms with Crippen molar-refractivity contribution in [1.82, 2.24) is 4.98 Å². The van der Waals surface area contributed by atoms with Crippen molar-refractivity contribution in [2.75, 3.05) is 5.32 Å². The van der Waals surface area contributed by atoms with Crippen molar-refractivity contribution in [3.8, 4) is 0 Å². The van der Waals surface area contributed by atoms with Crippen LogP contribution in [0.15, 0.2) is 29.6 Å². The quantitative estimate of drug-likeness (QED) is 0.891. The van der Waals surface area contributed by atoms with Gasteiger partial charge < -0.3 is 0 Å². The molecule has 1 aromatic carbocycles. The summed E-state index contributed by atoms with van der Waals surface area (Å²) in [6.45, 7) is 1.88. The maximum Gasteiger partial charge on any atom is 0.257 e. The van der Waals surface area contributed by atoms with Crippen molar-refractivity contribution < 1.29 is 4.79 Å². The Hall–Kier alpha value is -1.39. The van der Waals surface area contributed by atoms with Crippen molar-refractivity contribution in [1.29, 1.82) is 0 Å². The Bertz CT molecular complexity index is 507. The van der Waals surface area contributed by atoms with E-state index in [0.29, 0.717) is 15.7 Å². The molecule has 0 spiro atoms. The average Bonchev–Trinajstić information content (AvgIpc) is 2.65. The van der Waals surface area contributed by atoms with E-state index in [9.17, 15) is 4.79 Å². The lowest BCUT2D eigenvalue weighted by molar-refractivity contribution is 0.102. The molecule has 0 bridgehead atoms. The Morgan fingerprint density at radius 1 is 1.38 bits per heavy atom. The smallest absolute Gasteiger partial charge is 0.257 e. The van der Waals surface area contributed by atoms with Crippen LogP contribution in [0.3, 0.4) is 0 Å². The molecule has 1 N–H and O–H groups in total. The summed E-state index contributed by atoms with van der Waals surface area (Å²) in [6, 6.07) is 6.73. The standard InChI is InChI=1S/C11H9ClN2OS/c1-7-6-16-11(13-7)14-10(15)8-2-4-9(12)5-3-8/h2-6H,1H3,(H,13,14,15). The Kier molecular flexibility index (Phi) is 3.22. The fourth-order valence-electron chi connectivity index (χ4n) is 1.18. The van der Waals surface area contributed by atoms with E-state index in [4.69, 9.17) is 11.6 Å². The minimum absolute atomic E-state index is 0.175. The number of anilines is 1. The van der Waals surface area contributed by atoms with Crippen LogP contribution in [0.5, 0.6) is 0 Å². The molecule has 2 aromatic rings. The normalized spacial score (nSPS) is 10.1. The first-order valence-electron chi connectivity index (χ1n) is 4.64. The summed E-state index contributed by atoms with van der Waals surface area (Å²) < 4.78 is 0. The number of nitrogens with zero attached hydrogens (tertiary/aromatic N) is 1. The van der Waals surface area contributed by atoms with E-state index < -0.39 is 0 Å². The zero-order chi connectivity index (χ0) is 11.5. The van der Waals surface area contributed by atoms with Gasteiger partial charge in [0.05, 0.1) is 5.69 Å². The number of carbonyl (C=O) groups excluding carboxylic acids is 1. The average molecular weight is 253 g/mol. The monoisotopic (exact) mass is 252 g/mol. The van der Waals surface area contributed by atoms with E-state index in [1.807, 2.05) is 12.3 Å². The number of hydrogen-bond donors (Lipinski definition) is 1. The summed E-state index contributed by atoms with van der Waals surface area (Å²) in [5.41, 5.74) is 1.47. The third-order valence-electron chi connectivity index (χ3n) is 1.95. The number of nitrogens with one attached hydrogen (secondary N) is 1. The largest absolute Gasteiger partial charge is 0.298 e. The molecule has 0 aliphatic rings. The Labute approximate surface area is 102 Å². The molecule has 5 heteroatoms. The molecule has 0 radical (unpaired) electrons. The molecule has 0 aliphatic carbocycles. The number of carbonyl (C=O) groups is 1. The van der Waals surface area contributed by atoms with Crippen molar-refractivity contribution in [2.45, 2.75) is 6.92 Å². The maximum absolute atomic E-state index is 11.7. The van der Waals surface area contributed by atoms with Crippen molar-refractivity contribution in [2.24, 2.45) is 0 Å². The van der Waals surface area contributed by atoms with Gasteiger partial charge in [-0.3, -0.25) is 10.1 Å². The number of hydrogen-bond acceptors (Lipinski definition) is 3. The highest BCUT2D eigenvalue weighted by Crippen LogP contribution is 2.16. The van der Waals surface area contributed by atoms with Crippen molar-refractivity contribution in [3.63, 3.8) is 0 Å². The minimum atomic E-state index is -0.175. The van der Waals surface area contributed by atoms with E-state index in [1.54, 1.807) is 24.3 Å². The summed E-state index contributed by atoms with van der Waals surface area (Å²) in [6.07, 6.45) is 0. The molecule has 0 atom stereocenters. The van der Waals surface area contributed by atoms with Gasteiger partial charge in [-0.2, -0.15) is 0 Å². The lowest BCUT2D eigenvalue weighted by Gasteiger charge is -2.01. The highest BCUT2D eigenvalue weighted by atomic mass is 35.5. The van der Waals surface area contributed by atoms with Crippen LogP contribution in [-0.2, 0) is 0 Å². The Morgan fingerprint density at radius 3 is 2.62 bits per heavy atom. The Morgan fingerprint density at radius 2 is 2.06 bits per heavy atom. The molecule has 3 nitrogen and oxygen atoms in total. The maximum atomic E-state index is 11.7. The van der Waals surface area contributed by atoms with Gasteiger partial charge in [0, 0.05) is 16.0 Å². The summed E-state index contributed by atoms with van der Waals surface area (Å²) >= 11 is 7.14. The number of aromatic nitrogens is 1. The van der Waals surface area contributed by atoms with E-state index in [0.717, 1.165) is 5.69 Å². The molecule has 82 valence electrons. The van der Waals surface area contributed by atoms with Crippen LogP contribution < -0.4 is 5.32 Å². The highest BCUT2D eigenvalue weighted by Gasteiger charge is 2.07. The third kappa shape index (κ3) is 2.59. The predicted octanol–water partition coefficient (Wildman–Crippen LogP) is 3.36. The van der Waals surface area contributed by atoms with Gasteiger partial charge in [-0.1, -0.05) is 11.6 Å². The van der Waals surface area contributed by atoms with Crippen LogP contribution in [0.25, 0.3) is 0 Å². The second-order valence-corrected chi connectivity index (χ2v) is 4.55. The molecule has 0 aliphatic heterocycles. The zero-order valence-corrected chi connectivity index (χ0v) is 10.1. The van der Waals surface area contributed by atoms with Gasteiger partial charge in [0.1, 0.15) is 0 Å². The van der Waals surface area contributed by atoms with Crippen LogP contribution in [-0.4, -0.2) is 10.9 Å². The molecule has 0 unspecified atom stereocenters. The number of benzene rings is 1. The van der Waals surface area contributed by atoms with Gasteiger partial charge >= 0.3 is 0 Å². The van der Waals surface area contributed by atoms with Crippen LogP contribution in [0.4, 0.5) is 5.13 Å². The van der Waals surface area contributed by atoms with E-state index >= 15 is 0 Å². The summed E-state index contributed by atoms with van der Waals surface area (Å²) in [4.78, 5) is 15.9. The summed E-state index contributed by atoms with van der Waals surface area (Å²) in [5.74, 6) is -0.175. The lowest BCUT2D eigenvalue weighted by Crippen LogP contribution is -2.11. The van der Waals surface area contributed by atoms with Gasteiger partial charge in [0.2, 0.25) is 0 Å². The van der Waals surface area contributed by atoms with Crippen LogP contribution in [0, 0.1) is 6.92 Å². The molecule has 2 rings (SSSR count).